The predicted molar refractivity (Wildman–Crippen MR) is 82.9 cm³/mol. The fourth-order valence-corrected chi connectivity index (χ4v) is 2.60. The quantitative estimate of drug-likeness (QED) is 0.781. The van der Waals surface area contributed by atoms with Gasteiger partial charge in [0.1, 0.15) is 12.1 Å². The zero-order valence-corrected chi connectivity index (χ0v) is 14.2. The summed E-state index contributed by atoms with van der Waals surface area (Å²) in [6, 6.07) is -0.749. The lowest BCUT2D eigenvalue weighted by molar-refractivity contribution is -0.152. The topological polar surface area (TPSA) is 58.6 Å². The van der Waals surface area contributed by atoms with Crippen molar-refractivity contribution in [2.24, 2.45) is 5.92 Å². The number of hydrogen-bond acceptors (Lipinski definition) is 3. The number of amides is 2. The van der Waals surface area contributed by atoms with Crippen LogP contribution in [0.25, 0.3) is 0 Å². The van der Waals surface area contributed by atoms with E-state index < -0.39 is 0 Å². The molecule has 0 aromatic heterocycles. The Bertz CT molecular complexity index is 382. The van der Waals surface area contributed by atoms with E-state index >= 15 is 0 Å². The Morgan fingerprint density at radius 3 is 2.43 bits per heavy atom. The van der Waals surface area contributed by atoms with Crippen LogP contribution in [0.3, 0.4) is 0 Å². The van der Waals surface area contributed by atoms with Crippen LogP contribution in [-0.2, 0) is 14.3 Å². The van der Waals surface area contributed by atoms with E-state index in [1.807, 2.05) is 34.6 Å². The minimum atomic E-state index is -0.386. The summed E-state index contributed by atoms with van der Waals surface area (Å²) in [5.74, 6) is 0.165. The highest BCUT2D eigenvalue weighted by atomic mass is 16.5. The van der Waals surface area contributed by atoms with E-state index in [4.69, 9.17) is 4.74 Å². The van der Waals surface area contributed by atoms with Crippen LogP contribution in [0.2, 0.25) is 0 Å². The maximum Gasteiger partial charge on any atom is 0.245 e. The second-order valence-electron chi connectivity index (χ2n) is 6.55. The number of ether oxygens (including phenoxy) is 1. The van der Waals surface area contributed by atoms with Crippen LogP contribution < -0.4 is 5.32 Å². The maximum atomic E-state index is 12.6. The number of carbonyl (C=O) groups is 2. The molecule has 1 N–H and O–H groups in total. The Hall–Kier alpha value is -1.10. The Balaban J connectivity index is 2.93. The smallest absolute Gasteiger partial charge is 0.245 e. The molecule has 0 bridgehead atoms. The molecule has 3 atom stereocenters. The number of rotatable bonds is 7. The molecule has 5 heteroatoms. The van der Waals surface area contributed by atoms with Crippen molar-refractivity contribution in [2.75, 3.05) is 13.7 Å². The molecule has 2 amide bonds. The zero-order valence-electron chi connectivity index (χ0n) is 14.2. The fraction of sp³-hybridized carbons (Fsp3) is 0.875. The van der Waals surface area contributed by atoms with Crippen LogP contribution in [0.4, 0.5) is 0 Å². The summed E-state index contributed by atoms with van der Waals surface area (Å²) >= 11 is 0. The molecule has 1 rings (SSSR count). The molecule has 21 heavy (non-hydrogen) atoms. The molecule has 0 saturated carbocycles. The van der Waals surface area contributed by atoms with Crippen LogP contribution in [0.15, 0.2) is 0 Å². The summed E-state index contributed by atoms with van der Waals surface area (Å²) in [4.78, 5) is 26.8. The van der Waals surface area contributed by atoms with E-state index in [-0.39, 0.29) is 35.4 Å². The van der Waals surface area contributed by atoms with Crippen molar-refractivity contribution in [3.8, 4) is 0 Å². The molecule has 0 aliphatic carbocycles. The molecule has 0 aromatic rings. The Morgan fingerprint density at radius 1 is 1.33 bits per heavy atom. The monoisotopic (exact) mass is 298 g/mol. The first-order valence-corrected chi connectivity index (χ1v) is 7.93. The lowest BCUT2D eigenvalue weighted by atomic mass is 9.92. The van der Waals surface area contributed by atoms with E-state index in [0.29, 0.717) is 19.4 Å². The van der Waals surface area contributed by atoms with Crippen molar-refractivity contribution in [3.63, 3.8) is 0 Å². The summed E-state index contributed by atoms with van der Waals surface area (Å²) in [5, 5.41) is 2.86. The number of hydrogen-bond donors (Lipinski definition) is 1. The number of methoxy groups -OCH3 is 1. The molecular formula is C16H30N2O3. The summed E-state index contributed by atoms with van der Waals surface area (Å²) in [6.07, 6.45) is 2.21. The van der Waals surface area contributed by atoms with Gasteiger partial charge in [0.05, 0.1) is 5.60 Å². The van der Waals surface area contributed by atoms with E-state index in [9.17, 15) is 9.59 Å². The van der Waals surface area contributed by atoms with E-state index in [0.717, 1.165) is 6.42 Å². The lowest BCUT2D eigenvalue weighted by Gasteiger charge is -2.42. The van der Waals surface area contributed by atoms with Crippen molar-refractivity contribution in [2.45, 2.75) is 71.6 Å². The van der Waals surface area contributed by atoms with Crippen LogP contribution in [0.1, 0.15) is 53.9 Å². The average molecular weight is 298 g/mol. The van der Waals surface area contributed by atoms with Crippen molar-refractivity contribution in [1.29, 1.82) is 0 Å². The van der Waals surface area contributed by atoms with Crippen molar-refractivity contribution in [3.05, 3.63) is 0 Å². The second kappa shape index (κ2) is 7.25. The van der Waals surface area contributed by atoms with Gasteiger partial charge in [-0.2, -0.15) is 0 Å². The van der Waals surface area contributed by atoms with Gasteiger partial charge in [-0.3, -0.25) is 9.59 Å². The standard InChI is InChI=1S/C16H30N2O3/c1-7-11(3)13-14(19)17-12(8-2)15(20)18(13)10-9-16(4,5)21-6/h11-13H,7-10H2,1-6H3,(H,17,19). The third-order valence-corrected chi connectivity index (χ3v) is 4.60. The van der Waals surface area contributed by atoms with Gasteiger partial charge in [0.15, 0.2) is 0 Å². The van der Waals surface area contributed by atoms with Crippen LogP contribution in [0, 0.1) is 5.92 Å². The number of nitrogens with zero attached hydrogens (tertiary/aromatic N) is 1. The van der Waals surface area contributed by atoms with Gasteiger partial charge in [-0.05, 0) is 32.6 Å². The average Bonchev–Trinajstić information content (AvgIpc) is 2.46. The first-order valence-electron chi connectivity index (χ1n) is 7.93. The number of carbonyl (C=O) groups excluding carboxylic acids is 2. The minimum absolute atomic E-state index is 0.0222. The predicted octanol–water partition coefficient (Wildman–Crippen LogP) is 1.95. The summed E-state index contributed by atoms with van der Waals surface area (Å²) in [7, 11) is 1.67. The van der Waals surface area contributed by atoms with Gasteiger partial charge >= 0.3 is 0 Å². The molecule has 3 unspecified atom stereocenters. The SMILES string of the molecule is CCC1NC(=O)C(C(C)CC)N(CCC(C)(C)OC)C1=O. The molecule has 0 radical (unpaired) electrons. The molecule has 0 spiro atoms. The summed E-state index contributed by atoms with van der Waals surface area (Å²) in [6.45, 7) is 10.5. The highest BCUT2D eigenvalue weighted by Crippen LogP contribution is 2.23. The number of piperazine rings is 1. The van der Waals surface area contributed by atoms with Gasteiger partial charge in [-0.15, -0.1) is 0 Å². The zero-order chi connectivity index (χ0) is 16.2. The van der Waals surface area contributed by atoms with Crippen molar-refractivity contribution in [1.82, 2.24) is 10.2 Å². The third kappa shape index (κ3) is 4.19. The normalized spacial score (nSPS) is 25.0. The third-order valence-electron chi connectivity index (χ3n) is 4.60. The van der Waals surface area contributed by atoms with Crippen LogP contribution in [-0.4, -0.2) is 48.1 Å². The van der Waals surface area contributed by atoms with Crippen molar-refractivity contribution < 1.29 is 14.3 Å². The second-order valence-corrected chi connectivity index (χ2v) is 6.55. The lowest BCUT2D eigenvalue weighted by Crippen LogP contribution is -2.65. The molecule has 1 saturated heterocycles. The molecule has 1 fully saturated rings. The van der Waals surface area contributed by atoms with Gasteiger partial charge in [0, 0.05) is 13.7 Å². The van der Waals surface area contributed by atoms with Crippen molar-refractivity contribution >= 4 is 11.8 Å². The molecule has 122 valence electrons. The molecular weight excluding hydrogens is 268 g/mol. The van der Waals surface area contributed by atoms with Gasteiger partial charge in [-0.1, -0.05) is 27.2 Å². The van der Waals surface area contributed by atoms with Crippen LogP contribution >= 0.6 is 0 Å². The molecule has 5 nitrogen and oxygen atoms in total. The Kier molecular flexibility index (Phi) is 6.20. The first kappa shape index (κ1) is 18.0. The van der Waals surface area contributed by atoms with Gasteiger partial charge in [-0.25, -0.2) is 0 Å². The van der Waals surface area contributed by atoms with Gasteiger partial charge in [0.25, 0.3) is 0 Å². The summed E-state index contributed by atoms with van der Waals surface area (Å²) < 4.78 is 5.43. The minimum Gasteiger partial charge on any atom is -0.379 e. The highest BCUT2D eigenvalue weighted by molar-refractivity contribution is 5.97. The number of nitrogens with one attached hydrogen (secondary N) is 1. The molecule has 0 aromatic carbocycles. The Labute approximate surface area is 128 Å². The molecule has 1 heterocycles. The fourth-order valence-electron chi connectivity index (χ4n) is 2.60. The van der Waals surface area contributed by atoms with Gasteiger partial charge < -0.3 is 15.0 Å². The largest absolute Gasteiger partial charge is 0.379 e. The van der Waals surface area contributed by atoms with E-state index in [1.165, 1.54) is 0 Å². The van der Waals surface area contributed by atoms with E-state index in [2.05, 4.69) is 5.32 Å². The van der Waals surface area contributed by atoms with Gasteiger partial charge in [0.2, 0.25) is 11.8 Å². The van der Waals surface area contributed by atoms with E-state index in [1.54, 1.807) is 12.0 Å². The first-order chi connectivity index (χ1) is 9.77. The highest BCUT2D eigenvalue weighted by Gasteiger charge is 2.42. The van der Waals surface area contributed by atoms with Crippen LogP contribution in [0.5, 0.6) is 0 Å². The summed E-state index contributed by atoms with van der Waals surface area (Å²) in [5.41, 5.74) is -0.296. The molecule has 1 aliphatic heterocycles. The maximum absolute atomic E-state index is 12.6. The Morgan fingerprint density at radius 2 is 1.95 bits per heavy atom. The molecule has 1 aliphatic rings.